The van der Waals surface area contributed by atoms with Crippen molar-refractivity contribution in [2.75, 3.05) is 0 Å². The molecule has 1 atom stereocenters. The van der Waals surface area contributed by atoms with Crippen molar-refractivity contribution in [1.29, 1.82) is 0 Å². The zero-order chi connectivity index (χ0) is 14.4. The molecule has 1 aromatic carbocycles. The van der Waals surface area contributed by atoms with Crippen molar-refractivity contribution in [2.45, 2.75) is 37.1 Å². The average Bonchev–Trinajstić information content (AvgIpc) is 2.29. The number of carbonyl (C=O) groups is 1. The number of halogens is 2. The Morgan fingerprint density at radius 2 is 1.89 bits per heavy atom. The number of nitrogens with one attached hydrogen (secondary N) is 1. The van der Waals surface area contributed by atoms with E-state index in [-0.39, 0.29) is 5.92 Å². The number of hydrogen-bond donors (Lipinski definition) is 2. The maximum Gasteiger partial charge on any atom is 0.320 e. The summed E-state index contributed by atoms with van der Waals surface area (Å²) in [6, 6.07) is 6.04. The molecule has 1 rings (SSSR count). The Morgan fingerprint density at radius 3 is 2.32 bits per heavy atom. The lowest BCUT2D eigenvalue weighted by molar-refractivity contribution is -0.140. The molecule has 0 bridgehead atoms. The van der Waals surface area contributed by atoms with Crippen LogP contribution in [0.1, 0.15) is 19.4 Å². The van der Waals surface area contributed by atoms with Gasteiger partial charge in [0.15, 0.2) is 0 Å². The molecule has 0 amide bonds. The van der Waals surface area contributed by atoms with Crippen LogP contribution in [0.3, 0.4) is 0 Å². The quantitative estimate of drug-likeness (QED) is 0.757. The van der Waals surface area contributed by atoms with E-state index < -0.39 is 17.8 Å². The summed E-state index contributed by atoms with van der Waals surface area (Å²) in [5.74, 6) is -3.34. The minimum Gasteiger partial charge on any atom is -0.480 e. The Balaban J connectivity index is 2.56. The van der Waals surface area contributed by atoms with Crippen LogP contribution < -0.4 is 5.32 Å². The summed E-state index contributed by atoms with van der Waals surface area (Å²) in [6.45, 7) is 4.05. The Morgan fingerprint density at radius 1 is 1.32 bits per heavy atom. The van der Waals surface area contributed by atoms with Gasteiger partial charge in [0, 0.05) is 11.4 Å². The Labute approximate surface area is 115 Å². The van der Waals surface area contributed by atoms with E-state index in [0.717, 1.165) is 5.56 Å². The number of aliphatic carboxylic acids is 1. The molecule has 0 unspecified atom stereocenters. The maximum atomic E-state index is 12.1. The second kappa shape index (κ2) is 7.45. The second-order valence-corrected chi connectivity index (χ2v) is 5.53. The highest BCUT2D eigenvalue weighted by molar-refractivity contribution is 7.99. The summed E-state index contributed by atoms with van der Waals surface area (Å²) in [6.07, 6.45) is 0. The fraction of sp³-hybridized carbons (Fsp3) is 0.462. The molecule has 6 heteroatoms. The fourth-order valence-electron chi connectivity index (χ4n) is 1.62. The van der Waals surface area contributed by atoms with Crippen LogP contribution >= 0.6 is 11.8 Å². The predicted molar refractivity (Wildman–Crippen MR) is 71.4 cm³/mol. The van der Waals surface area contributed by atoms with Crippen molar-refractivity contribution < 1.29 is 18.7 Å². The van der Waals surface area contributed by atoms with Crippen LogP contribution in [0.5, 0.6) is 0 Å². The number of benzene rings is 1. The van der Waals surface area contributed by atoms with Gasteiger partial charge in [0.05, 0.1) is 0 Å². The minimum atomic E-state index is -2.43. The van der Waals surface area contributed by atoms with Gasteiger partial charge in [0.25, 0.3) is 5.76 Å². The van der Waals surface area contributed by atoms with Crippen LogP contribution in [0.15, 0.2) is 29.2 Å². The SMILES string of the molecule is CC(C)[C@@H](NCc1ccc(SC(F)F)cc1)C(=O)O. The van der Waals surface area contributed by atoms with E-state index in [9.17, 15) is 13.6 Å². The summed E-state index contributed by atoms with van der Waals surface area (Å²) in [5, 5.41) is 12.0. The summed E-state index contributed by atoms with van der Waals surface area (Å²) in [7, 11) is 0. The molecule has 0 aliphatic heterocycles. The predicted octanol–water partition coefficient (Wildman–Crippen LogP) is 3.20. The highest BCUT2D eigenvalue weighted by Gasteiger charge is 2.20. The molecular formula is C13H17F2NO2S. The van der Waals surface area contributed by atoms with E-state index in [1.54, 1.807) is 24.3 Å². The fourth-order valence-corrected chi connectivity index (χ4v) is 2.12. The molecule has 0 aliphatic rings. The topological polar surface area (TPSA) is 49.3 Å². The van der Waals surface area contributed by atoms with E-state index in [2.05, 4.69) is 5.32 Å². The summed E-state index contributed by atoms with van der Waals surface area (Å²) >= 11 is 0.493. The van der Waals surface area contributed by atoms with Crippen LogP contribution in [0, 0.1) is 5.92 Å². The number of rotatable bonds is 7. The first-order valence-corrected chi connectivity index (χ1v) is 6.78. The van der Waals surface area contributed by atoms with Gasteiger partial charge in [-0.25, -0.2) is 0 Å². The van der Waals surface area contributed by atoms with Gasteiger partial charge >= 0.3 is 5.97 Å². The van der Waals surface area contributed by atoms with Crippen molar-refractivity contribution >= 4 is 17.7 Å². The monoisotopic (exact) mass is 289 g/mol. The van der Waals surface area contributed by atoms with Gasteiger partial charge in [-0.3, -0.25) is 4.79 Å². The lowest BCUT2D eigenvalue weighted by Crippen LogP contribution is -2.40. The molecular weight excluding hydrogens is 272 g/mol. The molecule has 1 aromatic rings. The van der Waals surface area contributed by atoms with Gasteiger partial charge in [-0.15, -0.1) is 0 Å². The number of carboxylic acids is 1. The summed E-state index contributed by atoms with van der Waals surface area (Å²) in [4.78, 5) is 11.5. The molecule has 19 heavy (non-hydrogen) atoms. The van der Waals surface area contributed by atoms with E-state index in [4.69, 9.17) is 5.11 Å². The molecule has 106 valence electrons. The Kier molecular flexibility index (Phi) is 6.24. The molecule has 0 spiro atoms. The van der Waals surface area contributed by atoms with Gasteiger partial charge in [0.1, 0.15) is 6.04 Å². The maximum absolute atomic E-state index is 12.1. The third-order valence-corrected chi connectivity index (χ3v) is 3.33. The number of hydrogen-bond acceptors (Lipinski definition) is 3. The molecule has 0 fully saturated rings. The molecule has 0 saturated carbocycles. The normalized spacial score (nSPS) is 12.9. The molecule has 0 aromatic heterocycles. The van der Waals surface area contributed by atoms with E-state index in [1.807, 2.05) is 13.8 Å². The Hall–Kier alpha value is -1.14. The zero-order valence-corrected chi connectivity index (χ0v) is 11.6. The molecule has 0 saturated heterocycles. The smallest absolute Gasteiger partial charge is 0.320 e. The van der Waals surface area contributed by atoms with Crippen LogP contribution in [0.25, 0.3) is 0 Å². The first kappa shape index (κ1) is 15.9. The third kappa shape index (κ3) is 5.57. The Bertz CT molecular complexity index is 410. The molecule has 3 nitrogen and oxygen atoms in total. The second-order valence-electron chi connectivity index (χ2n) is 4.46. The molecule has 0 radical (unpaired) electrons. The van der Waals surface area contributed by atoms with E-state index in [1.165, 1.54) is 0 Å². The van der Waals surface area contributed by atoms with Crippen LogP contribution in [-0.4, -0.2) is 22.9 Å². The first-order valence-electron chi connectivity index (χ1n) is 5.90. The highest BCUT2D eigenvalue weighted by Crippen LogP contribution is 2.25. The molecule has 0 aliphatic carbocycles. The summed E-state index contributed by atoms with van der Waals surface area (Å²) < 4.78 is 24.3. The largest absolute Gasteiger partial charge is 0.480 e. The molecule has 2 N–H and O–H groups in total. The van der Waals surface area contributed by atoms with E-state index in [0.29, 0.717) is 23.2 Å². The minimum absolute atomic E-state index is 0.0221. The number of carboxylic acid groups (broad SMARTS) is 1. The van der Waals surface area contributed by atoms with Crippen molar-refractivity contribution in [3.05, 3.63) is 29.8 Å². The van der Waals surface area contributed by atoms with Crippen molar-refractivity contribution in [3.63, 3.8) is 0 Å². The summed E-state index contributed by atoms with van der Waals surface area (Å²) in [5.41, 5.74) is 0.866. The van der Waals surface area contributed by atoms with Crippen molar-refractivity contribution in [3.8, 4) is 0 Å². The van der Waals surface area contributed by atoms with Crippen LogP contribution in [0.2, 0.25) is 0 Å². The lowest BCUT2D eigenvalue weighted by atomic mass is 10.0. The third-order valence-electron chi connectivity index (χ3n) is 2.61. The van der Waals surface area contributed by atoms with Gasteiger partial charge in [-0.05, 0) is 23.6 Å². The van der Waals surface area contributed by atoms with Gasteiger partial charge in [-0.2, -0.15) is 8.78 Å². The van der Waals surface area contributed by atoms with Crippen LogP contribution in [-0.2, 0) is 11.3 Å². The van der Waals surface area contributed by atoms with Crippen molar-refractivity contribution in [2.24, 2.45) is 5.92 Å². The van der Waals surface area contributed by atoms with Gasteiger partial charge in [-0.1, -0.05) is 37.7 Å². The number of alkyl halides is 2. The van der Waals surface area contributed by atoms with E-state index >= 15 is 0 Å². The average molecular weight is 289 g/mol. The number of thioether (sulfide) groups is 1. The lowest BCUT2D eigenvalue weighted by Gasteiger charge is -2.17. The van der Waals surface area contributed by atoms with Crippen LogP contribution in [0.4, 0.5) is 8.78 Å². The zero-order valence-electron chi connectivity index (χ0n) is 10.8. The standard InChI is InChI=1S/C13H17F2NO2S/c1-8(2)11(12(17)18)16-7-9-3-5-10(6-4-9)19-13(14)15/h3-6,8,11,13,16H,7H2,1-2H3,(H,17,18)/t11-/m1/s1. The van der Waals surface area contributed by atoms with Gasteiger partial charge < -0.3 is 10.4 Å². The molecule has 0 heterocycles. The van der Waals surface area contributed by atoms with Gasteiger partial charge in [0.2, 0.25) is 0 Å². The first-order chi connectivity index (χ1) is 8.90. The highest BCUT2D eigenvalue weighted by atomic mass is 32.2. The van der Waals surface area contributed by atoms with Crippen molar-refractivity contribution in [1.82, 2.24) is 5.32 Å².